The number of para-hydroxylation sites is 1. The number of ether oxygens (including phenoxy) is 1. The number of hydrogen-bond acceptors (Lipinski definition) is 5. The number of carbonyl (C=O) groups is 3. The van der Waals surface area contributed by atoms with Gasteiger partial charge < -0.3 is 25.8 Å². The van der Waals surface area contributed by atoms with Crippen molar-refractivity contribution in [2.75, 3.05) is 17.7 Å². The Bertz CT molecular complexity index is 1350. The first kappa shape index (κ1) is 28.7. The zero-order chi connectivity index (χ0) is 28.2. The van der Waals surface area contributed by atoms with Crippen molar-refractivity contribution < 1.29 is 24.2 Å². The highest BCUT2D eigenvalue weighted by Crippen LogP contribution is 2.38. The van der Waals surface area contributed by atoms with E-state index in [0.29, 0.717) is 10.6 Å². The van der Waals surface area contributed by atoms with Gasteiger partial charge >= 0.3 is 12.0 Å². The number of halogens is 2. The van der Waals surface area contributed by atoms with E-state index in [4.69, 9.17) is 27.9 Å². The molecule has 1 saturated carbocycles. The molecular formula is C28H29Cl2N3O5S. The third kappa shape index (κ3) is 6.49. The Morgan fingerprint density at radius 2 is 1.64 bits per heavy atom. The molecule has 1 aromatic heterocycles. The van der Waals surface area contributed by atoms with Crippen LogP contribution in [-0.2, 0) is 4.79 Å². The molecule has 4 N–H and O–H groups in total. The third-order valence-electron chi connectivity index (χ3n) is 7.00. The normalized spacial score (nSPS) is 15.2. The number of urea groups is 1. The van der Waals surface area contributed by atoms with E-state index in [0.717, 1.165) is 49.0 Å². The van der Waals surface area contributed by atoms with Crippen LogP contribution in [0.2, 0.25) is 10.0 Å². The lowest BCUT2D eigenvalue weighted by Gasteiger charge is -2.37. The van der Waals surface area contributed by atoms with Crippen LogP contribution >= 0.6 is 34.5 Å². The summed E-state index contributed by atoms with van der Waals surface area (Å²) in [7, 11) is 1.57. The minimum absolute atomic E-state index is 0.171. The Morgan fingerprint density at radius 3 is 2.23 bits per heavy atom. The Hall–Kier alpha value is -3.27. The van der Waals surface area contributed by atoms with Gasteiger partial charge in [-0.2, -0.15) is 0 Å². The number of carbonyl (C=O) groups excluding carboxylic acids is 2. The maximum Gasteiger partial charge on any atom is 0.329 e. The van der Waals surface area contributed by atoms with Crippen LogP contribution in [0.3, 0.4) is 0 Å². The Morgan fingerprint density at radius 1 is 1.00 bits per heavy atom. The molecule has 0 spiro atoms. The molecular weight excluding hydrogens is 561 g/mol. The lowest BCUT2D eigenvalue weighted by atomic mass is 9.75. The topological polar surface area (TPSA) is 117 Å². The van der Waals surface area contributed by atoms with Gasteiger partial charge in [0.25, 0.3) is 5.91 Å². The van der Waals surface area contributed by atoms with Crippen molar-refractivity contribution >= 4 is 63.8 Å². The maximum atomic E-state index is 13.6. The van der Waals surface area contributed by atoms with Crippen LogP contribution in [-0.4, -0.2) is 35.7 Å². The number of nitrogens with one attached hydrogen (secondary N) is 3. The second kappa shape index (κ2) is 12.3. The van der Waals surface area contributed by atoms with Crippen molar-refractivity contribution in [3.8, 4) is 16.2 Å². The summed E-state index contributed by atoms with van der Waals surface area (Å²) in [5.74, 6) is -1.19. The molecule has 0 aliphatic heterocycles. The molecule has 8 nitrogen and oxygen atoms in total. The number of hydrogen-bond donors (Lipinski definition) is 4. The summed E-state index contributed by atoms with van der Waals surface area (Å²) in [6.07, 6.45) is 4.32. The number of rotatable bonds is 8. The lowest BCUT2D eigenvalue weighted by Crippen LogP contribution is -2.57. The molecule has 11 heteroatoms. The zero-order valence-corrected chi connectivity index (χ0v) is 23.8. The average Bonchev–Trinajstić information content (AvgIpc) is 3.35. The zero-order valence-electron chi connectivity index (χ0n) is 21.5. The van der Waals surface area contributed by atoms with E-state index in [9.17, 15) is 19.5 Å². The molecule has 1 fully saturated rings. The number of amides is 3. The van der Waals surface area contributed by atoms with E-state index >= 15 is 0 Å². The third-order valence-corrected chi connectivity index (χ3v) is 8.81. The number of anilines is 2. The second-order valence-electron chi connectivity index (χ2n) is 9.55. The van der Waals surface area contributed by atoms with Crippen LogP contribution < -0.4 is 20.7 Å². The number of thiophene rings is 1. The summed E-state index contributed by atoms with van der Waals surface area (Å²) >= 11 is 13.5. The SMILES string of the molecule is COc1ccc(-c2cc(NC(=O)Nc3c(Cl)cccc3Cl)c(C(=O)N[C@](C)(C(=O)O)C3CCCCC3)s2)cc1. The highest BCUT2D eigenvalue weighted by atomic mass is 35.5. The minimum Gasteiger partial charge on any atom is -0.497 e. The first-order valence-corrected chi connectivity index (χ1v) is 14.1. The van der Waals surface area contributed by atoms with E-state index in [1.807, 2.05) is 12.1 Å². The maximum absolute atomic E-state index is 13.6. The first-order chi connectivity index (χ1) is 18.6. The van der Waals surface area contributed by atoms with Gasteiger partial charge in [-0.25, -0.2) is 9.59 Å². The average molecular weight is 591 g/mol. The van der Waals surface area contributed by atoms with E-state index in [1.165, 1.54) is 0 Å². The molecule has 1 heterocycles. The fourth-order valence-electron chi connectivity index (χ4n) is 4.74. The fourth-order valence-corrected chi connectivity index (χ4v) is 6.24. The molecule has 1 atom stereocenters. The van der Waals surface area contributed by atoms with Gasteiger partial charge in [0.1, 0.15) is 16.2 Å². The van der Waals surface area contributed by atoms with Crippen molar-refractivity contribution in [1.82, 2.24) is 5.32 Å². The van der Waals surface area contributed by atoms with Crippen molar-refractivity contribution in [3.63, 3.8) is 0 Å². The number of benzene rings is 2. The standard InChI is InChI=1S/C28H29Cl2N3O5S/c1-28(26(35)36,17-7-4-3-5-8-17)33-25(34)24-21(15-22(39-24)16-11-13-18(38-2)14-12-16)31-27(37)32-23-19(29)9-6-10-20(23)30/h6,9-15,17H,3-5,7-8H2,1-2H3,(H,33,34)(H,35,36)(H2,31,32,37)/t28-/m0/s1. The molecule has 0 saturated heterocycles. The van der Waals surface area contributed by atoms with Gasteiger partial charge in [0.05, 0.1) is 28.5 Å². The predicted octanol–water partition coefficient (Wildman–Crippen LogP) is 7.53. The summed E-state index contributed by atoms with van der Waals surface area (Å²) in [5, 5.41) is 18.7. The first-order valence-electron chi connectivity index (χ1n) is 12.5. The molecule has 4 rings (SSSR count). The van der Waals surface area contributed by atoms with Crippen LogP contribution in [0.4, 0.5) is 16.2 Å². The monoisotopic (exact) mass is 589 g/mol. The van der Waals surface area contributed by atoms with Gasteiger partial charge in [0.2, 0.25) is 0 Å². The van der Waals surface area contributed by atoms with Crippen molar-refractivity contribution in [2.24, 2.45) is 5.92 Å². The van der Waals surface area contributed by atoms with Crippen LogP contribution in [0.1, 0.15) is 48.7 Å². The molecule has 3 aromatic rings. The lowest BCUT2D eigenvalue weighted by molar-refractivity contribution is -0.146. The largest absolute Gasteiger partial charge is 0.497 e. The van der Waals surface area contributed by atoms with E-state index in [-0.39, 0.29) is 32.2 Å². The summed E-state index contributed by atoms with van der Waals surface area (Å²) in [6.45, 7) is 1.56. The minimum atomic E-state index is -1.45. The molecule has 39 heavy (non-hydrogen) atoms. The number of carboxylic acids is 1. The van der Waals surface area contributed by atoms with E-state index in [1.54, 1.807) is 50.4 Å². The quantitative estimate of drug-likeness (QED) is 0.216. The predicted molar refractivity (Wildman–Crippen MR) is 155 cm³/mol. The van der Waals surface area contributed by atoms with Crippen molar-refractivity contribution in [2.45, 2.75) is 44.6 Å². The van der Waals surface area contributed by atoms with Crippen LogP contribution in [0, 0.1) is 5.92 Å². The number of carboxylic acid groups (broad SMARTS) is 1. The molecule has 2 aromatic carbocycles. The summed E-state index contributed by atoms with van der Waals surface area (Å²) in [4.78, 5) is 39.8. The summed E-state index contributed by atoms with van der Waals surface area (Å²) in [6, 6.07) is 13.1. The summed E-state index contributed by atoms with van der Waals surface area (Å²) < 4.78 is 5.23. The second-order valence-corrected chi connectivity index (χ2v) is 11.4. The molecule has 206 valence electrons. The Kier molecular flexibility index (Phi) is 9.04. The molecule has 1 aliphatic rings. The van der Waals surface area contributed by atoms with Gasteiger partial charge in [-0.1, -0.05) is 48.5 Å². The smallest absolute Gasteiger partial charge is 0.329 e. The summed E-state index contributed by atoms with van der Waals surface area (Å²) in [5.41, 5.74) is -0.205. The van der Waals surface area contributed by atoms with E-state index < -0.39 is 23.4 Å². The highest BCUT2D eigenvalue weighted by molar-refractivity contribution is 7.18. The van der Waals surface area contributed by atoms with Crippen molar-refractivity contribution in [1.29, 1.82) is 0 Å². The van der Waals surface area contributed by atoms with Gasteiger partial charge in [0, 0.05) is 4.88 Å². The number of aliphatic carboxylic acids is 1. The van der Waals surface area contributed by atoms with Gasteiger partial charge in [-0.05, 0) is 73.7 Å². The number of methoxy groups -OCH3 is 1. The van der Waals surface area contributed by atoms with Crippen LogP contribution in [0.25, 0.3) is 10.4 Å². The van der Waals surface area contributed by atoms with Crippen LogP contribution in [0.5, 0.6) is 5.75 Å². The molecule has 0 bridgehead atoms. The van der Waals surface area contributed by atoms with E-state index in [2.05, 4.69) is 16.0 Å². The Balaban J connectivity index is 1.66. The fraction of sp³-hybridized carbons (Fsp3) is 0.321. The van der Waals surface area contributed by atoms with Gasteiger partial charge in [-0.3, -0.25) is 4.79 Å². The van der Waals surface area contributed by atoms with Gasteiger partial charge in [-0.15, -0.1) is 11.3 Å². The molecule has 3 amide bonds. The molecule has 0 radical (unpaired) electrons. The van der Waals surface area contributed by atoms with Gasteiger partial charge in [0.15, 0.2) is 0 Å². The molecule has 1 aliphatic carbocycles. The van der Waals surface area contributed by atoms with Crippen molar-refractivity contribution in [3.05, 3.63) is 63.5 Å². The Labute approximate surface area is 240 Å². The molecule has 0 unspecified atom stereocenters. The van der Waals surface area contributed by atoms with Crippen LogP contribution in [0.15, 0.2) is 48.5 Å². The highest BCUT2D eigenvalue weighted by Gasteiger charge is 2.43.